The normalized spacial score (nSPS) is 14.2. The number of rotatable bonds is 5. The van der Waals surface area contributed by atoms with Gasteiger partial charge in [-0.15, -0.1) is 0 Å². The lowest BCUT2D eigenvalue weighted by molar-refractivity contribution is 0.142. The average molecular weight is 525 g/mol. The van der Waals surface area contributed by atoms with Crippen molar-refractivity contribution in [2.24, 2.45) is 0 Å². The number of amides is 2. The first kappa shape index (κ1) is 24.2. The highest BCUT2D eigenvalue weighted by molar-refractivity contribution is 7.19. The number of nitrogens with zero attached hydrogens (tertiary/aromatic N) is 5. The Bertz CT molecular complexity index is 1480. The molecule has 3 heterocycles. The molecule has 186 valence electrons. The molecule has 1 saturated heterocycles. The maximum atomic E-state index is 12.8. The summed E-state index contributed by atoms with van der Waals surface area (Å²) in [5, 5.41) is 8.67. The first-order valence-electron chi connectivity index (χ1n) is 11.5. The Morgan fingerprint density at radius 1 is 1.14 bits per heavy atom. The summed E-state index contributed by atoms with van der Waals surface area (Å²) in [6, 6.07) is 14.4. The first-order valence-corrected chi connectivity index (χ1v) is 12.7. The number of piperazine rings is 1. The van der Waals surface area contributed by atoms with Crippen LogP contribution in [-0.2, 0) is 6.54 Å². The molecule has 0 bridgehead atoms. The number of methoxy groups -OCH3 is 1. The molecule has 2 aromatic heterocycles. The topological polar surface area (TPSA) is 92.1 Å². The van der Waals surface area contributed by atoms with Crippen LogP contribution in [0.2, 0.25) is 5.02 Å². The predicted octanol–water partition coefficient (Wildman–Crippen LogP) is 4.14. The Morgan fingerprint density at radius 2 is 1.94 bits per heavy atom. The van der Waals surface area contributed by atoms with Crippen molar-refractivity contribution >= 4 is 39.6 Å². The minimum absolute atomic E-state index is 0.158. The summed E-state index contributed by atoms with van der Waals surface area (Å²) in [4.78, 5) is 34.7. The number of nitrogens with one attached hydrogen (secondary N) is 1. The van der Waals surface area contributed by atoms with Crippen molar-refractivity contribution in [1.82, 2.24) is 24.4 Å². The molecule has 9 nitrogen and oxygen atoms in total. The number of aryl methyl sites for hydroxylation is 1. The van der Waals surface area contributed by atoms with Gasteiger partial charge in [0.05, 0.1) is 18.5 Å². The summed E-state index contributed by atoms with van der Waals surface area (Å²) in [5.74, 6) is 0.627. The summed E-state index contributed by atoms with van der Waals surface area (Å²) in [5.41, 5.74) is 3.01. The van der Waals surface area contributed by atoms with E-state index in [0.29, 0.717) is 64.8 Å². The van der Waals surface area contributed by atoms with Crippen LogP contribution in [0, 0.1) is 6.92 Å². The number of halogens is 1. The second-order valence-corrected chi connectivity index (χ2v) is 9.99. The standard InChI is InChI=1S/C25H25ClN6O3S/c1-16-6-7-21(35-2)20(12-16)28-24(34)31-10-8-30(9-11-31)15-19-14-22(33)32-25(27-19)36-23(29-32)17-4-3-5-18(26)13-17/h3-7,12-14H,8-11,15H2,1-2H3,(H,28,34). The zero-order chi connectivity index (χ0) is 25.2. The minimum Gasteiger partial charge on any atom is -0.495 e. The van der Waals surface area contributed by atoms with E-state index in [2.05, 4.69) is 20.3 Å². The molecule has 1 fully saturated rings. The quantitative estimate of drug-likeness (QED) is 0.422. The Morgan fingerprint density at radius 3 is 2.69 bits per heavy atom. The van der Waals surface area contributed by atoms with Gasteiger partial charge in [-0.3, -0.25) is 9.69 Å². The molecule has 0 atom stereocenters. The SMILES string of the molecule is COc1ccc(C)cc1NC(=O)N1CCN(Cc2cc(=O)n3nc(-c4cccc(Cl)c4)sc3n2)CC1. The zero-order valence-corrected chi connectivity index (χ0v) is 21.5. The fraction of sp³-hybridized carbons (Fsp3) is 0.280. The van der Waals surface area contributed by atoms with Crippen molar-refractivity contribution in [3.8, 4) is 16.3 Å². The highest BCUT2D eigenvalue weighted by Crippen LogP contribution is 2.27. The number of carbonyl (C=O) groups excluding carboxylic acids is 1. The van der Waals surface area contributed by atoms with Gasteiger partial charge in [-0.1, -0.05) is 41.1 Å². The average Bonchev–Trinajstić information content (AvgIpc) is 3.30. The molecule has 0 radical (unpaired) electrons. The molecule has 0 aliphatic carbocycles. The molecule has 36 heavy (non-hydrogen) atoms. The van der Waals surface area contributed by atoms with Gasteiger partial charge in [0.2, 0.25) is 4.96 Å². The van der Waals surface area contributed by atoms with Gasteiger partial charge in [-0.05, 0) is 36.8 Å². The maximum absolute atomic E-state index is 12.8. The molecule has 0 unspecified atom stereocenters. The Kier molecular flexibility index (Phi) is 6.90. The predicted molar refractivity (Wildman–Crippen MR) is 141 cm³/mol. The number of ether oxygens (including phenoxy) is 1. The molecular formula is C25H25ClN6O3S. The molecule has 11 heteroatoms. The number of benzene rings is 2. The fourth-order valence-electron chi connectivity index (χ4n) is 4.13. The number of hydrogen-bond acceptors (Lipinski definition) is 7. The van der Waals surface area contributed by atoms with Crippen molar-refractivity contribution in [3.05, 3.63) is 75.2 Å². The Hall–Kier alpha value is -3.47. The summed E-state index contributed by atoms with van der Waals surface area (Å²) in [7, 11) is 1.58. The van der Waals surface area contributed by atoms with Gasteiger partial charge in [0.1, 0.15) is 10.8 Å². The van der Waals surface area contributed by atoms with E-state index in [0.717, 1.165) is 11.1 Å². The largest absolute Gasteiger partial charge is 0.495 e. The molecule has 2 amide bonds. The van der Waals surface area contributed by atoms with Crippen LogP contribution in [-0.4, -0.2) is 63.7 Å². The van der Waals surface area contributed by atoms with E-state index in [1.807, 2.05) is 43.3 Å². The molecule has 0 saturated carbocycles. The van der Waals surface area contributed by atoms with Gasteiger partial charge in [0.15, 0.2) is 0 Å². The van der Waals surface area contributed by atoms with Crippen LogP contribution in [0.25, 0.3) is 15.5 Å². The lowest BCUT2D eigenvalue weighted by atomic mass is 10.2. The van der Waals surface area contributed by atoms with E-state index >= 15 is 0 Å². The van der Waals surface area contributed by atoms with Crippen molar-refractivity contribution in [2.45, 2.75) is 13.5 Å². The minimum atomic E-state index is -0.218. The molecule has 5 rings (SSSR count). The monoisotopic (exact) mass is 524 g/mol. The molecule has 2 aromatic carbocycles. The number of fused-ring (bicyclic) bond motifs is 1. The van der Waals surface area contributed by atoms with Crippen LogP contribution in [0.1, 0.15) is 11.3 Å². The van der Waals surface area contributed by atoms with Crippen LogP contribution in [0.4, 0.5) is 10.5 Å². The van der Waals surface area contributed by atoms with Crippen LogP contribution < -0.4 is 15.6 Å². The van der Waals surface area contributed by atoms with Crippen LogP contribution in [0.5, 0.6) is 5.75 Å². The number of urea groups is 1. The number of hydrogen-bond donors (Lipinski definition) is 1. The van der Waals surface area contributed by atoms with Gasteiger partial charge >= 0.3 is 6.03 Å². The van der Waals surface area contributed by atoms with Crippen molar-refractivity contribution in [1.29, 1.82) is 0 Å². The van der Waals surface area contributed by atoms with Crippen molar-refractivity contribution in [2.75, 3.05) is 38.6 Å². The fourth-order valence-corrected chi connectivity index (χ4v) is 5.24. The van der Waals surface area contributed by atoms with Crippen molar-refractivity contribution in [3.63, 3.8) is 0 Å². The van der Waals surface area contributed by atoms with E-state index in [4.69, 9.17) is 16.3 Å². The molecule has 1 N–H and O–H groups in total. The van der Waals surface area contributed by atoms with Crippen molar-refractivity contribution < 1.29 is 9.53 Å². The van der Waals surface area contributed by atoms with E-state index in [1.165, 1.54) is 21.9 Å². The van der Waals surface area contributed by atoms with Gasteiger partial charge in [0.25, 0.3) is 5.56 Å². The Labute approximate surface area is 216 Å². The number of carbonyl (C=O) groups is 1. The number of aromatic nitrogens is 3. The highest BCUT2D eigenvalue weighted by atomic mass is 35.5. The van der Waals surface area contributed by atoms with Gasteiger partial charge in [-0.25, -0.2) is 9.78 Å². The summed E-state index contributed by atoms with van der Waals surface area (Å²) in [6.45, 7) is 4.99. The molecule has 4 aromatic rings. The van der Waals surface area contributed by atoms with Gasteiger partial charge < -0.3 is 15.0 Å². The third-order valence-electron chi connectivity index (χ3n) is 6.01. The smallest absolute Gasteiger partial charge is 0.322 e. The first-order chi connectivity index (χ1) is 17.4. The lowest BCUT2D eigenvalue weighted by Crippen LogP contribution is -2.49. The molecule has 0 spiro atoms. The van der Waals surface area contributed by atoms with E-state index < -0.39 is 0 Å². The van der Waals surface area contributed by atoms with E-state index in [1.54, 1.807) is 18.1 Å². The molecular weight excluding hydrogens is 500 g/mol. The zero-order valence-electron chi connectivity index (χ0n) is 19.9. The van der Waals surface area contributed by atoms with Gasteiger partial charge in [-0.2, -0.15) is 9.61 Å². The van der Waals surface area contributed by atoms with Crippen LogP contribution in [0.3, 0.4) is 0 Å². The van der Waals surface area contributed by atoms with Crippen LogP contribution >= 0.6 is 22.9 Å². The highest BCUT2D eigenvalue weighted by Gasteiger charge is 2.23. The van der Waals surface area contributed by atoms with E-state index in [-0.39, 0.29) is 11.6 Å². The second-order valence-electron chi connectivity index (χ2n) is 8.59. The van der Waals surface area contributed by atoms with Crippen LogP contribution in [0.15, 0.2) is 53.3 Å². The summed E-state index contributed by atoms with van der Waals surface area (Å²) < 4.78 is 6.68. The maximum Gasteiger partial charge on any atom is 0.322 e. The third-order valence-corrected chi connectivity index (χ3v) is 7.20. The second kappa shape index (κ2) is 10.3. The Balaban J connectivity index is 1.23. The lowest BCUT2D eigenvalue weighted by Gasteiger charge is -2.34. The summed E-state index contributed by atoms with van der Waals surface area (Å²) >= 11 is 7.45. The molecule has 1 aliphatic heterocycles. The van der Waals surface area contributed by atoms with E-state index in [9.17, 15) is 9.59 Å². The number of anilines is 1. The van der Waals surface area contributed by atoms with Gasteiger partial charge in [0, 0.05) is 49.4 Å². The third kappa shape index (κ3) is 5.20. The summed E-state index contributed by atoms with van der Waals surface area (Å²) in [6.07, 6.45) is 0. The molecule has 1 aliphatic rings.